The zero-order valence-electron chi connectivity index (χ0n) is 12.6. The van der Waals surface area contributed by atoms with E-state index in [9.17, 15) is 13.6 Å². The summed E-state index contributed by atoms with van der Waals surface area (Å²) in [5, 5.41) is 7.12. The van der Waals surface area contributed by atoms with Gasteiger partial charge in [-0.3, -0.25) is 4.79 Å². The highest BCUT2D eigenvalue weighted by Crippen LogP contribution is 2.20. The van der Waals surface area contributed by atoms with E-state index in [-0.39, 0.29) is 11.3 Å². The predicted molar refractivity (Wildman–Crippen MR) is 87.6 cm³/mol. The summed E-state index contributed by atoms with van der Waals surface area (Å²) in [4.78, 5) is 12.3. The lowest BCUT2D eigenvalue weighted by molar-refractivity contribution is 0.102. The Hall–Kier alpha value is -2.73. The topological polar surface area (TPSA) is 46.9 Å². The number of halogens is 3. The summed E-state index contributed by atoms with van der Waals surface area (Å²) >= 11 is 5.96. The highest BCUT2D eigenvalue weighted by Gasteiger charge is 2.17. The number of nitrogens with zero attached hydrogens (tertiary/aromatic N) is 2. The number of anilines is 1. The van der Waals surface area contributed by atoms with Crippen molar-refractivity contribution in [3.05, 3.63) is 76.6 Å². The van der Waals surface area contributed by atoms with Gasteiger partial charge >= 0.3 is 0 Å². The Morgan fingerprint density at radius 3 is 2.71 bits per heavy atom. The molecule has 7 heteroatoms. The molecule has 4 nitrogen and oxygen atoms in total. The lowest BCUT2D eigenvalue weighted by Crippen LogP contribution is -2.14. The monoisotopic (exact) mass is 347 g/mol. The van der Waals surface area contributed by atoms with Crippen LogP contribution in [0.2, 0.25) is 5.02 Å². The molecule has 1 heterocycles. The molecule has 0 fully saturated rings. The molecule has 3 aromatic rings. The van der Waals surface area contributed by atoms with E-state index < -0.39 is 17.5 Å². The van der Waals surface area contributed by atoms with Gasteiger partial charge in [0.05, 0.1) is 28.8 Å². The molecule has 0 aliphatic carbocycles. The third kappa shape index (κ3) is 3.14. The van der Waals surface area contributed by atoms with E-state index >= 15 is 0 Å². The molecule has 1 aromatic heterocycles. The van der Waals surface area contributed by atoms with Crippen LogP contribution in [0, 0.1) is 18.6 Å². The standard InChI is InChI=1S/C17H12ClF2N3O/c1-10-14(9-21-23(10)13-4-2-3-11(18)7-13)17(24)22-16-6-5-12(19)8-15(16)20/h2-9H,1H3,(H,22,24). The summed E-state index contributed by atoms with van der Waals surface area (Å²) in [5.41, 5.74) is 1.44. The maximum Gasteiger partial charge on any atom is 0.259 e. The molecule has 1 amide bonds. The molecule has 2 aromatic carbocycles. The summed E-state index contributed by atoms with van der Waals surface area (Å²) in [6, 6.07) is 9.95. The van der Waals surface area contributed by atoms with Crippen LogP contribution in [-0.2, 0) is 0 Å². The average molecular weight is 348 g/mol. The van der Waals surface area contributed by atoms with Crippen LogP contribution in [0.3, 0.4) is 0 Å². The maximum absolute atomic E-state index is 13.7. The third-order valence-electron chi connectivity index (χ3n) is 3.49. The molecule has 0 aliphatic rings. The van der Waals surface area contributed by atoms with E-state index in [1.54, 1.807) is 35.9 Å². The van der Waals surface area contributed by atoms with Crippen LogP contribution in [0.4, 0.5) is 14.5 Å². The zero-order valence-corrected chi connectivity index (χ0v) is 13.3. The number of amides is 1. The first-order valence-corrected chi connectivity index (χ1v) is 7.40. The number of aromatic nitrogens is 2. The fourth-order valence-corrected chi connectivity index (χ4v) is 2.47. The Bertz CT molecular complexity index is 924. The van der Waals surface area contributed by atoms with Gasteiger partial charge in [0.15, 0.2) is 0 Å². The van der Waals surface area contributed by atoms with E-state index in [2.05, 4.69) is 10.4 Å². The van der Waals surface area contributed by atoms with Crippen molar-refractivity contribution in [1.29, 1.82) is 0 Å². The first kappa shape index (κ1) is 16.1. The average Bonchev–Trinajstić information content (AvgIpc) is 2.92. The van der Waals surface area contributed by atoms with Gasteiger partial charge in [-0.05, 0) is 37.3 Å². The Kier molecular flexibility index (Phi) is 4.31. The Labute approximate surface area is 141 Å². The SMILES string of the molecule is Cc1c(C(=O)Nc2ccc(F)cc2F)cnn1-c1cccc(Cl)c1. The fraction of sp³-hybridized carbons (Fsp3) is 0.0588. The van der Waals surface area contributed by atoms with Crippen molar-refractivity contribution in [2.24, 2.45) is 0 Å². The van der Waals surface area contributed by atoms with E-state index in [0.29, 0.717) is 22.5 Å². The Morgan fingerprint density at radius 1 is 1.21 bits per heavy atom. The molecular formula is C17H12ClF2N3O. The van der Waals surface area contributed by atoms with Crippen molar-refractivity contribution in [2.75, 3.05) is 5.32 Å². The van der Waals surface area contributed by atoms with Crippen molar-refractivity contribution in [1.82, 2.24) is 9.78 Å². The molecule has 0 aliphatic heterocycles. The van der Waals surface area contributed by atoms with Crippen LogP contribution in [0.1, 0.15) is 16.1 Å². The summed E-state index contributed by atoms with van der Waals surface area (Å²) in [5.74, 6) is -2.09. The second-order valence-electron chi connectivity index (χ2n) is 5.11. The normalized spacial score (nSPS) is 10.7. The summed E-state index contributed by atoms with van der Waals surface area (Å²) in [6.45, 7) is 1.71. The summed E-state index contributed by atoms with van der Waals surface area (Å²) in [6.07, 6.45) is 1.38. The summed E-state index contributed by atoms with van der Waals surface area (Å²) < 4.78 is 28.1. The number of hydrogen-bond donors (Lipinski definition) is 1. The molecule has 0 radical (unpaired) electrons. The minimum absolute atomic E-state index is 0.101. The molecule has 1 N–H and O–H groups in total. The minimum Gasteiger partial charge on any atom is -0.319 e. The first-order valence-electron chi connectivity index (χ1n) is 7.02. The van der Waals surface area contributed by atoms with Crippen LogP contribution in [0.5, 0.6) is 0 Å². The van der Waals surface area contributed by atoms with Crippen LogP contribution < -0.4 is 5.32 Å². The van der Waals surface area contributed by atoms with E-state index in [1.807, 2.05) is 0 Å². The molecule has 3 rings (SSSR count). The van der Waals surface area contributed by atoms with Gasteiger partial charge in [-0.25, -0.2) is 13.5 Å². The van der Waals surface area contributed by atoms with Gasteiger partial charge < -0.3 is 5.32 Å². The predicted octanol–water partition coefficient (Wildman–Crippen LogP) is 4.36. The van der Waals surface area contributed by atoms with Crippen LogP contribution in [0.15, 0.2) is 48.7 Å². The number of hydrogen-bond acceptors (Lipinski definition) is 2. The molecule has 122 valence electrons. The summed E-state index contributed by atoms with van der Waals surface area (Å²) in [7, 11) is 0. The number of rotatable bonds is 3. The van der Waals surface area contributed by atoms with Gasteiger partial charge in [0.25, 0.3) is 5.91 Å². The number of carbonyl (C=O) groups excluding carboxylic acids is 1. The van der Waals surface area contributed by atoms with Gasteiger partial charge in [0, 0.05) is 11.1 Å². The van der Waals surface area contributed by atoms with E-state index in [0.717, 1.165) is 6.07 Å². The number of nitrogens with one attached hydrogen (secondary N) is 1. The smallest absolute Gasteiger partial charge is 0.259 e. The molecular weight excluding hydrogens is 336 g/mol. The minimum atomic E-state index is -0.844. The zero-order chi connectivity index (χ0) is 17.3. The van der Waals surface area contributed by atoms with Crippen molar-refractivity contribution in [3.8, 4) is 5.69 Å². The van der Waals surface area contributed by atoms with Crippen LogP contribution in [0.25, 0.3) is 5.69 Å². The van der Waals surface area contributed by atoms with Crippen LogP contribution in [-0.4, -0.2) is 15.7 Å². The van der Waals surface area contributed by atoms with Gasteiger partial charge in [-0.1, -0.05) is 17.7 Å². The van der Waals surface area contributed by atoms with Crippen LogP contribution >= 0.6 is 11.6 Å². The lowest BCUT2D eigenvalue weighted by Gasteiger charge is -2.07. The molecule has 0 saturated heterocycles. The van der Waals surface area contributed by atoms with Gasteiger partial charge in [0.1, 0.15) is 11.6 Å². The molecule has 0 atom stereocenters. The first-order chi connectivity index (χ1) is 11.5. The highest BCUT2D eigenvalue weighted by molar-refractivity contribution is 6.30. The van der Waals surface area contributed by atoms with Gasteiger partial charge in [0.2, 0.25) is 0 Å². The highest BCUT2D eigenvalue weighted by atomic mass is 35.5. The quantitative estimate of drug-likeness (QED) is 0.765. The van der Waals surface area contributed by atoms with Crippen molar-refractivity contribution in [3.63, 3.8) is 0 Å². The number of carbonyl (C=O) groups is 1. The molecule has 0 spiro atoms. The third-order valence-corrected chi connectivity index (χ3v) is 3.72. The Balaban J connectivity index is 1.89. The van der Waals surface area contributed by atoms with Crippen molar-refractivity contribution >= 4 is 23.2 Å². The molecule has 24 heavy (non-hydrogen) atoms. The molecule has 0 bridgehead atoms. The van der Waals surface area contributed by atoms with Gasteiger partial charge in [-0.2, -0.15) is 5.10 Å². The molecule has 0 saturated carbocycles. The Morgan fingerprint density at radius 2 is 2.00 bits per heavy atom. The van der Waals surface area contributed by atoms with Crippen molar-refractivity contribution in [2.45, 2.75) is 6.92 Å². The second kappa shape index (κ2) is 6.41. The maximum atomic E-state index is 13.7. The largest absolute Gasteiger partial charge is 0.319 e. The molecule has 0 unspecified atom stereocenters. The van der Waals surface area contributed by atoms with Crippen molar-refractivity contribution < 1.29 is 13.6 Å². The lowest BCUT2D eigenvalue weighted by atomic mass is 10.2. The fourth-order valence-electron chi connectivity index (χ4n) is 2.28. The van der Waals surface area contributed by atoms with E-state index in [1.165, 1.54) is 12.3 Å². The second-order valence-corrected chi connectivity index (χ2v) is 5.55. The van der Waals surface area contributed by atoms with E-state index in [4.69, 9.17) is 11.6 Å². The number of benzene rings is 2. The van der Waals surface area contributed by atoms with Gasteiger partial charge in [-0.15, -0.1) is 0 Å².